The van der Waals surface area contributed by atoms with E-state index in [1.165, 1.54) is 11.3 Å². The van der Waals surface area contributed by atoms with E-state index in [2.05, 4.69) is 4.98 Å². The Balaban J connectivity index is 0.00000225. The van der Waals surface area contributed by atoms with Crippen LogP contribution >= 0.6 is 23.7 Å². The standard InChI is InChI=1S/C10H17N3OS.ClH/c1-3-13(4-2)10(14)8-7-15-9(12-8)5-6-11;/h7H,3-6,11H2,1-2H3;1H. The fourth-order valence-electron chi connectivity index (χ4n) is 1.32. The first kappa shape index (κ1) is 15.3. The molecule has 1 heterocycles. The molecule has 0 spiro atoms. The van der Waals surface area contributed by atoms with Gasteiger partial charge in [-0.3, -0.25) is 4.79 Å². The van der Waals surface area contributed by atoms with Gasteiger partial charge in [0.1, 0.15) is 5.69 Å². The first-order valence-electron chi connectivity index (χ1n) is 5.16. The molecular formula is C10H18ClN3OS. The van der Waals surface area contributed by atoms with E-state index in [1.807, 2.05) is 19.2 Å². The number of rotatable bonds is 5. The number of amides is 1. The summed E-state index contributed by atoms with van der Waals surface area (Å²) in [6, 6.07) is 0. The fraction of sp³-hybridized carbons (Fsp3) is 0.600. The number of nitrogens with zero attached hydrogens (tertiary/aromatic N) is 2. The third-order valence-corrected chi connectivity index (χ3v) is 3.09. The van der Waals surface area contributed by atoms with Gasteiger partial charge >= 0.3 is 0 Å². The highest BCUT2D eigenvalue weighted by Gasteiger charge is 2.15. The second-order valence-corrected chi connectivity index (χ2v) is 4.09. The molecule has 1 aromatic heterocycles. The summed E-state index contributed by atoms with van der Waals surface area (Å²) in [7, 11) is 0. The summed E-state index contributed by atoms with van der Waals surface area (Å²) in [4.78, 5) is 17.9. The van der Waals surface area contributed by atoms with Gasteiger partial charge in [0.05, 0.1) is 5.01 Å². The third kappa shape index (κ3) is 3.73. The lowest BCUT2D eigenvalue weighted by molar-refractivity contribution is 0.0767. The van der Waals surface area contributed by atoms with Gasteiger partial charge in [-0.1, -0.05) is 0 Å². The molecule has 0 saturated heterocycles. The number of nitrogens with two attached hydrogens (primary N) is 1. The summed E-state index contributed by atoms with van der Waals surface area (Å²) in [6.45, 7) is 5.95. The van der Waals surface area contributed by atoms with Gasteiger partial charge in [0, 0.05) is 24.9 Å². The Morgan fingerprint density at radius 1 is 1.50 bits per heavy atom. The zero-order valence-electron chi connectivity index (χ0n) is 9.60. The predicted octanol–water partition coefficient (Wildman–Crippen LogP) is 1.55. The quantitative estimate of drug-likeness (QED) is 0.877. The number of hydrogen-bond acceptors (Lipinski definition) is 4. The Kier molecular flexibility index (Phi) is 7.29. The average Bonchev–Trinajstić information content (AvgIpc) is 2.68. The van der Waals surface area contributed by atoms with Gasteiger partial charge in [-0.15, -0.1) is 23.7 Å². The minimum Gasteiger partial charge on any atom is -0.338 e. The summed E-state index contributed by atoms with van der Waals surface area (Å²) in [5.41, 5.74) is 5.98. The fourth-order valence-corrected chi connectivity index (χ4v) is 2.11. The zero-order valence-corrected chi connectivity index (χ0v) is 11.2. The number of thiazole rings is 1. The second kappa shape index (κ2) is 7.60. The van der Waals surface area contributed by atoms with Crippen molar-refractivity contribution in [1.82, 2.24) is 9.88 Å². The first-order valence-corrected chi connectivity index (χ1v) is 6.04. The van der Waals surface area contributed by atoms with Gasteiger partial charge in [0.25, 0.3) is 5.91 Å². The van der Waals surface area contributed by atoms with Gasteiger partial charge in [-0.05, 0) is 20.4 Å². The van der Waals surface area contributed by atoms with Crippen LogP contribution in [0.25, 0.3) is 0 Å². The maximum atomic E-state index is 11.9. The topological polar surface area (TPSA) is 59.2 Å². The van der Waals surface area contributed by atoms with E-state index >= 15 is 0 Å². The number of hydrogen-bond donors (Lipinski definition) is 1. The van der Waals surface area contributed by atoms with Crippen LogP contribution in [0.2, 0.25) is 0 Å². The molecule has 6 heteroatoms. The largest absolute Gasteiger partial charge is 0.338 e. The van der Waals surface area contributed by atoms with Gasteiger partial charge in [0.2, 0.25) is 0 Å². The van der Waals surface area contributed by atoms with Crippen molar-refractivity contribution in [2.45, 2.75) is 20.3 Å². The minimum atomic E-state index is 0. The summed E-state index contributed by atoms with van der Waals surface area (Å²) in [6.07, 6.45) is 0.746. The lowest BCUT2D eigenvalue weighted by atomic mass is 10.4. The highest BCUT2D eigenvalue weighted by Crippen LogP contribution is 2.12. The van der Waals surface area contributed by atoms with Crippen molar-refractivity contribution in [3.63, 3.8) is 0 Å². The van der Waals surface area contributed by atoms with Crippen molar-refractivity contribution in [3.8, 4) is 0 Å². The number of halogens is 1. The molecule has 0 saturated carbocycles. The molecule has 0 aromatic carbocycles. The van der Waals surface area contributed by atoms with E-state index in [-0.39, 0.29) is 18.3 Å². The van der Waals surface area contributed by atoms with Crippen molar-refractivity contribution in [2.75, 3.05) is 19.6 Å². The van der Waals surface area contributed by atoms with Gasteiger partial charge < -0.3 is 10.6 Å². The Hall–Kier alpha value is -0.650. The maximum absolute atomic E-state index is 11.9. The molecule has 0 aliphatic carbocycles. The molecule has 0 unspecified atom stereocenters. The summed E-state index contributed by atoms with van der Waals surface area (Å²) >= 11 is 1.50. The van der Waals surface area contributed by atoms with E-state index in [4.69, 9.17) is 5.73 Å². The van der Waals surface area contributed by atoms with Crippen LogP contribution in [0.5, 0.6) is 0 Å². The molecule has 0 bridgehead atoms. The van der Waals surface area contributed by atoms with Crippen molar-refractivity contribution >= 4 is 29.7 Å². The number of carbonyl (C=O) groups is 1. The van der Waals surface area contributed by atoms with Crippen LogP contribution in [0.3, 0.4) is 0 Å². The lowest BCUT2D eigenvalue weighted by Crippen LogP contribution is -2.30. The van der Waals surface area contributed by atoms with Crippen LogP contribution in [0.1, 0.15) is 29.3 Å². The summed E-state index contributed by atoms with van der Waals surface area (Å²) < 4.78 is 0. The molecular weight excluding hydrogens is 246 g/mol. The molecule has 16 heavy (non-hydrogen) atoms. The van der Waals surface area contributed by atoms with E-state index in [9.17, 15) is 4.79 Å². The Morgan fingerprint density at radius 2 is 2.12 bits per heavy atom. The van der Waals surface area contributed by atoms with Crippen molar-refractivity contribution in [1.29, 1.82) is 0 Å². The second-order valence-electron chi connectivity index (χ2n) is 3.14. The molecule has 0 aliphatic rings. The Bertz CT molecular complexity index is 326. The van der Waals surface area contributed by atoms with Crippen LogP contribution in [-0.4, -0.2) is 35.4 Å². The zero-order chi connectivity index (χ0) is 11.3. The van der Waals surface area contributed by atoms with Crippen molar-refractivity contribution < 1.29 is 4.79 Å². The normalized spacial score (nSPS) is 9.69. The molecule has 0 fully saturated rings. The van der Waals surface area contributed by atoms with Crippen LogP contribution in [0.4, 0.5) is 0 Å². The Labute approximate surface area is 106 Å². The van der Waals surface area contributed by atoms with Crippen molar-refractivity contribution in [2.24, 2.45) is 5.73 Å². The van der Waals surface area contributed by atoms with Gasteiger partial charge in [-0.2, -0.15) is 0 Å². The van der Waals surface area contributed by atoms with E-state index < -0.39 is 0 Å². The molecule has 1 amide bonds. The van der Waals surface area contributed by atoms with E-state index in [0.717, 1.165) is 24.5 Å². The number of aromatic nitrogens is 1. The predicted molar refractivity (Wildman–Crippen MR) is 69.4 cm³/mol. The average molecular weight is 264 g/mol. The van der Waals surface area contributed by atoms with Crippen molar-refractivity contribution in [3.05, 3.63) is 16.1 Å². The van der Waals surface area contributed by atoms with Gasteiger partial charge in [0.15, 0.2) is 0 Å². The SMILES string of the molecule is CCN(CC)C(=O)c1csc(CCN)n1.Cl. The summed E-state index contributed by atoms with van der Waals surface area (Å²) in [5, 5.41) is 2.75. The highest BCUT2D eigenvalue weighted by molar-refractivity contribution is 7.09. The molecule has 2 N–H and O–H groups in total. The third-order valence-electron chi connectivity index (χ3n) is 2.18. The summed E-state index contributed by atoms with van der Waals surface area (Å²) in [5.74, 6) is 0.0134. The van der Waals surface area contributed by atoms with Crippen LogP contribution in [-0.2, 0) is 6.42 Å². The smallest absolute Gasteiger partial charge is 0.273 e. The van der Waals surface area contributed by atoms with Crippen LogP contribution in [0, 0.1) is 0 Å². The molecule has 92 valence electrons. The molecule has 1 aromatic rings. The first-order chi connectivity index (χ1) is 7.22. The van der Waals surface area contributed by atoms with Gasteiger partial charge in [-0.25, -0.2) is 4.98 Å². The highest BCUT2D eigenvalue weighted by atomic mass is 35.5. The number of carbonyl (C=O) groups excluding carboxylic acids is 1. The molecule has 0 atom stereocenters. The maximum Gasteiger partial charge on any atom is 0.273 e. The molecule has 0 radical (unpaired) electrons. The lowest BCUT2D eigenvalue weighted by Gasteiger charge is -2.16. The van der Waals surface area contributed by atoms with Crippen LogP contribution < -0.4 is 5.73 Å². The monoisotopic (exact) mass is 263 g/mol. The van der Waals surface area contributed by atoms with Crippen LogP contribution in [0.15, 0.2) is 5.38 Å². The molecule has 0 aliphatic heterocycles. The van der Waals surface area contributed by atoms with E-state index in [1.54, 1.807) is 4.90 Å². The Morgan fingerprint density at radius 3 is 2.62 bits per heavy atom. The minimum absolute atomic E-state index is 0. The molecule has 4 nitrogen and oxygen atoms in total. The molecule has 1 rings (SSSR count). The van der Waals surface area contributed by atoms with E-state index in [0.29, 0.717) is 12.2 Å².